The van der Waals surface area contributed by atoms with Gasteiger partial charge in [0.15, 0.2) is 0 Å². The Hall–Kier alpha value is -3.02. The fourth-order valence-corrected chi connectivity index (χ4v) is 3.64. The van der Waals surface area contributed by atoms with Gasteiger partial charge in [-0.1, -0.05) is 54.1 Å². The zero-order chi connectivity index (χ0) is 21.3. The first-order chi connectivity index (χ1) is 14.5. The molecular weight excluding hydrogens is 416 g/mol. The fourth-order valence-electron chi connectivity index (χ4n) is 2.59. The van der Waals surface area contributed by atoms with Crippen molar-refractivity contribution in [2.45, 2.75) is 17.1 Å². The van der Waals surface area contributed by atoms with Gasteiger partial charge in [0.1, 0.15) is 0 Å². The van der Waals surface area contributed by atoms with Crippen molar-refractivity contribution in [2.24, 2.45) is 0 Å². The highest BCUT2D eigenvalue weighted by Gasteiger charge is 2.15. The number of halogens is 1. The number of para-hydroxylation sites is 1. The molecule has 0 heterocycles. The first-order valence-electron chi connectivity index (χ1n) is 9.37. The minimum absolute atomic E-state index is 0.128. The van der Waals surface area contributed by atoms with Crippen LogP contribution in [0.25, 0.3) is 6.08 Å². The summed E-state index contributed by atoms with van der Waals surface area (Å²) in [5.41, 5.74) is 2.25. The number of thioether (sulfide) groups is 1. The van der Waals surface area contributed by atoms with Gasteiger partial charge in [0, 0.05) is 16.7 Å². The van der Waals surface area contributed by atoms with Crippen LogP contribution in [0.4, 0.5) is 11.4 Å². The molecule has 2 N–H and O–H groups in total. The quantitative estimate of drug-likeness (QED) is 0.347. The summed E-state index contributed by atoms with van der Waals surface area (Å²) < 4.78 is 0. The van der Waals surface area contributed by atoms with E-state index >= 15 is 0 Å². The lowest BCUT2D eigenvalue weighted by Crippen LogP contribution is -2.22. The average molecular weight is 437 g/mol. The molecule has 3 aromatic rings. The lowest BCUT2D eigenvalue weighted by molar-refractivity contribution is -0.115. The van der Waals surface area contributed by atoms with E-state index in [0.29, 0.717) is 16.4 Å². The first-order valence-corrected chi connectivity index (χ1v) is 10.6. The second-order valence-corrected chi connectivity index (χ2v) is 8.31. The van der Waals surface area contributed by atoms with Gasteiger partial charge >= 0.3 is 0 Å². The molecule has 0 aliphatic heterocycles. The number of benzene rings is 3. The highest BCUT2D eigenvalue weighted by Crippen LogP contribution is 2.27. The van der Waals surface area contributed by atoms with Crippen LogP contribution in [0.15, 0.2) is 89.8 Å². The number of carbonyl (C=O) groups is 2. The molecule has 152 valence electrons. The van der Waals surface area contributed by atoms with Gasteiger partial charge < -0.3 is 10.6 Å². The largest absolute Gasteiger partial charge is 0.324 e. The van der Waals surface area contributed by atoms with Crippen LogP contribution in [0.2, 0.25) is 5.02 Å². The smallest absolute Gasteiger partial charge is 0.248 e. The Morgan fingerprint density at radius 3 is 2.27 bits per heavy atom. The Morgan fingerprint density at radius 2 is 1.57 bits per heavy atom. The van der Waals surface area contributed by atoms with Crippen molar-refractivity contribution in [3.05, 3.63) is 95.5 Å². The van der Waals surface area contributed by atoms with Crippen molar-refractivity contribution in [3.8, 4) is 0 Å². The Balaban J connectivity index is 1.52. The first kappa shape index (κ1) is 21.7. The van der Waals surface area contributed by atoms with E-state index in [9.17, 15) is 9.59 Å². The summed E-state index contributed by atoms with van der Waals surface area (Å²) in [6.45, 7) is 1.83. The van der Waals surface area contributed by atoms with E-state index in [2.05, 4.69) is 10.6 Å². The van der Waals surface area contributed by atoms with Gasteiger partial charge in [0.2, 0.25) is 11.8 Å². The van der Waals surface area contributed by atoms with Crippen molar-refractivity contribution < 1.29 is 9.59 Å². The minimum Gasteiger partial charge on any atom is -0.324 e. The molecule has 0 spiro atoms. The lowest BCUT2D eigenvalue weighted by atomic mass is 10.2. The van der Waals surface area contributed by atoms with E-state index in [-0.39, 0.29) is 17.1 Å². The molecule has 0 saturated heterocycles. The van der Waals surface area contributed by atoms with Crippen molar-refractivity contribution >= 4 is 52.6 Å². The van der Waals surface area contributed by atoms with Gasteiger partial charge in [0.25, 0.3) is 0 Å². The number of rotatable bonds is 7. The summed E-state index contributed by atoms with van der Waals surface area (Å²) >= 11 is 7.52. The maximum absolute atomic E-state index is 12.4. The van der Waals surface area contributed by atoms with Crippen LogP contribution in [-0.2, 0) is 9.59 Å². The topological polar surface area (TPSA) is 58.2 Å². The van der Waals surface area contributed by atoms with Crippen LogP contribution in [0, 0.1) is 0 Å². The van der Waals surface area contributed by atoms with Gasteiger partial charge in [-0.25, -0.2) is 0 Å². The van der Waals surface area contributed by atoms with Gasteiger partial charge in [-0.3, -0.25) is 9.59 Å². The SMILES string of the molecule is CC(Sc1ccc(NC(=O)/C=C/c2ccccc2)cc1)C(=O)Nc1ccccc1Cl. The average Bonchev–Trinajstić information content (AvgIpc) is 2.76. The molecule has 0 fully saturated rings. The van der Waals surface area contributed by atoms with Crippen LogP contribution in [-0.4, -0.2) is 17.1 Å². The van der Waals surface area contributed by atoms with Gasteiger partial charge in [0.05, 0.1) is 16.0 Å². The molecule has 4 nitrogen and oxygen atoms in total. The maximum Gasteiger partial charge on any atom is 0.248 e. The number of nitrogens with one attached hydrogen (secondary N) is 2. The second kappa shape index (κ2) is 10.7. The summed E-state index contributed by atoms with van der Waals surface area (Å²) in [5.74, 6) is -0.330. The lowest BCUT2D eigenvalue weighted by Gasteiger charge is -2.13. The summed E-state index contributed by atoms with van der Waals surface area (Å²) in [6, 6.07) is 24.1. The molecule has 0 radical (unpaired) electrons. The Bertz CT molecular complexity index is 1040. The van der Waals surface area contributed by atoms with Crippen LogP contribution in [0.5, 0.6) is 0 Å². The van der Waals surface area contributed by atoms with Crippen molar-refractivity contribution in [2.75, 3.05) is 10.6 Å². The zero-order valence-electron chi connectivity index (χ0n) is 16.3. The summed E-state index contributed by atoms with van der Waals surface area (Å²) in [6.07, 6.45) is 3.26. The predicted octanol–water partition coefficient (Wildman–Crippen LogP) is 6.11. The van der Waals surface area contributed by atoms with E-state index in [4.69, 9.17) is 11.6 Å². The van der Waals surface area contributed by atoms with Crippen LogP contribution >= 0.6 is 23.4 Å². The van der Waals surface area contributed by atoms with Crippen LogP contribution in [0.1, 0.15) is 12.5 Å². The molecule has 1 atom stereocenters. The molecule has 2 amide bonds. The van der Waals surface area contributed by atoms with Crippen molar-refractivity contribution in [1.82, 2.24) is 0 Å². The monoisotopic (exact) mass is 436 g/mol. The standard InChI is InChI=1S/C24H21ClN2O2S/c1-17(24(29)27-22-10-6-5-9-21(22)25)30-20-14-12-19(13-15-20)26-23(28)16-11-18-7-3-2-4-8-18/h2-17H,1H3,(H,26,28)(H,27,29)/b16-11+. The molecule has 0 aromatic heterocycles. The normalized spacial score (nSPS) is 11.8. The third kappa shape index (κ3) is 6.51. The Kier molecular flexibility index (Phi) is 7.71. The van der Waals surface area contributed by atoms with E-state index in [1.54, 1.807) is 18.2 Å². The maximum atomic E-state index is 12.4. The summed E-state index contributed by atoms with van der Waals surface area (Å²) in [4.78, 5) is 25.4. The predicted molar refractivity (Wildman–Crippen MR) is 126 cm³/mol. The van der Waals surface area contributed by atoms with Gasteiger partial charge in [-0.05, 0) is 55.0 Å². The number of carbonyl (C=O) groups excluding carboxylic acids is 2. The molecule has 3 aromatic carbocycles. The van der Waals surface area contributed by atoms with Crippen molar-refractivity contribution in [1.29, 1.82) is 0 Å². The van der Waals surface area contributed by atoms with E-state index in [1.807, 2.05) is 73.7 Å². The number of amides is 2. The fraction of sp³-hybridized carbons (Fsp3) is 0.0833. The van der Waals surface area contributed by atoms with E-state index in [0.717, 1.165) is 10.5 Å². The van der Waals surface area contributed by atoms with Crippen molar-refractivity contribution in [3.63, 3.8) is 0 Å². The molecule has 30 heavy (non-hydrogen) atoms. The molecule has 0 saturated carbocycles. The van der Waals surface area contributed by atoms with E-state index in [1.165, 1.54) is 17.8 Å². The number of hydrogen-bond donors (Lipinski definition) is 2. The molecule has 0 aliphatic carbocycles. The van der Waals surface area contributed by atoms with Gasteiger partial charge in [-0.2, -0.15) is 0 Å². The molecule has 3 rings (SSSR count). The summed E-state index contributed by atoms with van der Waals surface area (Å²) in [5, 5.41) is 5.86. The highest BCUT2D eigenvalue weighted by molar-refractivity contribution is 8.00. The molecule has 1 unspecified atom stereocenters. The zero-order valence-corrected chi connectivity index (χ0v) is 17.9. The van der Waals surface area contributed by atoms with Crippen LogP contribution in [0.3, 0.4) is 0 Å². The highest BCUT2D eigenvalue weighted by atomic mass is 35.5. The van der Waals surface area contributed by atoms with Gasteiger partial charge in [-0.15, -0.1) is 11.8 Å². The third-order valence-corrected chi connectivity index (χ3v) is 5.60. The summed E-state index contributed by atoms with van der Waals surface area (Å²) in [7, 11) is 0. The molecular formula is C24H21ClN2O2S. The number of anilines is 2. The van der Waals surface area contributed by atoms with E-state index < -0.39 is 0 Å². The van der Waals surface area contributed by atoms with Crippen LogP contribution < -0.4 is 10.6 Å². The minimum atomic E-state index is -0.310. The molecule has 6 heteroatoms. The third-order valence-electron chi connectivity index (χ3n) is 4.16. The molecule has 0 aliphatic rings. The molecule has 0 bridgehead atoms. The Morgan fingerprint density at radius 1 is 0.900 bits per heavy atom. The number of hydrogen-bond acceptors (Lipinski definition) is 3. The Labute approximate surface area is 185 Å². The second-order valence-electron chi connectivity index (χ2n) is 6.49.